The molecule has 1 amide bonds. The lowest BCUT2D eigenvalue weighted by Gasteiger charge is -2.45. The molecule has 206 valence electrons. The summed E-state index contributed by atoms with van der Waals surface area (Å²) in [7, 11) is 1.45. The van der Waals surface area contributed by atoms with Crippen LogP contribution in [0.15, 0.2) is 42.5 Å². The first-order valence-corrected chi connectivity index (χ1v) is 11.5. The smallest absolute Gasteiger partial charge is 0.337 e. The Hall–Kier alpha value is -2.01. The highest BCUT2D eigenvalue weighted by Crippen LogP contribution is 2.45. The van der Waals surface area contributed by atoms with Crippen LogP contribution in [0.2, 0.25) is 0 Å². The van der Waals surface area contributed by atoms with E-state index in [-0.39, 0.29) is 42.4 Å². The molecule has 1 fully saturated rings. The molecule has 37 heavy (non-hydrogen) atoms. The van der Waals surface area contributed by atoms with Gasteiger partial charge in [0, 0.05) is 33.2 Å². The third kappa shape index (κ3) is 5.87. The van der Waals surface area contributed by atoms with Gasteiger partial charge in [-0.05, 0) is 54.7 Å². The molecule has 1 N–H and O–H groups in total. The molecule has 1 unspecified atom stereocenters. The van der Waals surface area contributed by atoms with Crippen LogP contribution < -0.4 is 5.32 Å². The zero-order valence-corrected chi connectivity index (χ0v) is 21.9. The van der Waals surface area contributed by atoms with Crippen LogP contribution in [0.1, 0.15) is 47.2 Å². The summed E-state index contributed by atoms with van der Waals surface area (Å²) in [6.45, 7) is 4.02. The molecule has 1 aliphatic carbocycles. The maximum Gasteiger partial charge on any atom is 0.416 e. The number of hydrogen-bond donors (Lipinski definition) is 1. The van der Waals surface area contributed by atoms with Crippen molar-refractivity contribution >= 4 is 30.7 Å². The Balaban J connectivity index is 0.00000241. The number of hydrogen-bond acceptors (Lipinski definition) is 3. The van der Waals surface area contributed by atoms with Crippen molar-refractivity contribution in [2.75, 3.05) is 33.2 Å². The molecule has 0 saturated carbocycles. The fraction of sp³-hybridized carbons (Fsp3) is 0.480. The van der Waals surface area contributed by atoms with E-state index in [1.54, 1.807) is 0 Å². The predicted octanol–water partition coefficient (Wildman–Crippen LogP) is 5.83. The zero-order chi connectivity index (χ0) is 25.6. The van der Waals surface area contributed by atoms with Gasteiger partial charge in [0.05, 0.1) is 17.2 Å². The van der Waals surface area contributed by atoms with Gasteiger partial charge in [-0.15, -0.1) is 24.8 Å². The first-order valence-electron chi connectivity index (χ1n) is 11.5. The molecule has 0 bridgehead atoms. The minimum absolute atomic E-state index is 0. The van der Waals surface area contributed by atoms with E-state index in [4.69, 9.17) is 0 Å². The Morgan fingerprint density at radius 1 is 0.973 bits per heavy atom. The summed E-state index contributed by atoms with van der Waals surface area (Å²) in [5, 5.41) is 3.26. The molecule has 1 heterocycles. The van der Waals surface area contributed by atoms with Crippen LogP contribution in [0.25, 0.3) is 0 Å². The van der Waals surface area contributed by atoms with Gasteiger partial charge in [-0.1, -0.05) is 24.3 Å². The molecule has 0 aromatic heterocycles. The second kappa shape index (κ2) is 11.4. The number of benzene rings is 2. The largest absolute Gasteiger partial charge is 0.416 e. The number of fused-ring (bicyclic) bond motifs is 1. The summed E-state index contributed by atoms with van der Waals surface area (Å²) in [5.41, 5.74) is -2.14. The van der Waals surface area contributed by atoms with Gasteiger partial charge in [0.25, 0.3) is 0 Å². The van der Waals surface area contributed by atoms with E-state index in [1.165, 1.54) is 18.9 Å². The molecule has 1 aliphatic heterocycles. The number of carbonyl (C=O) groups excluding carboxylic acids is 1. The van der Waals surface area contributed by atoms with Gasteiger partial charge in [0.1, 0.15) is 5.54 Å². The van der Waals surface area contributed by atoms with Gasteiger partial charge in [-0.3, -0.25) is 9.69 Å². The fourth-order valence-electron chi connectivity index (χ4n) is 5.24. The highest BCUT2D eigenvalue weighted by atomic mass is 35.5. The standard InChI is InChI=1S/C25H27F6N3O.2ClH/c1-16(18-13-19(24(26,27)28)15-20(14-18)25(29,30)31)33(2)22(35)23(34-11-9-32-10-12-34)8-7-17-5-3-4-6-21(17)23;;/h3-6,13-16,32H,7-12H2,1-2H3;2*1H/t16?,23-;;/m0../s1. The molecule has 1 saturated heterocycles. The molecule has 0 spiro atoms. The van der Waals surface area contributed by atoms with Crippen LogP contribution in [0.5, 0.6) is 0 Å². The Kier molecular flexibility index (Phi) is 9.61. The van der Waals surface area contributed by atoms with E-state index >= 15 is 0 Å². The lowest BCUT2D eigenvalue weighted by Crippen LogP contribution is -2.60. The van der Waals surface area contributed by atoms with Gasteiger partial charge >= 0.3 is 12.4 Å². The molecule has 0 radical (unpaired) electrons. The van der Waals surface area contributed by atoms with Crippen molar-refractivity contribution in [3.63, 3.8) is 0 Å². The second-order valence-corrected chi connectivity index (χ2v) is 9.19. The highest BCUT2D eigenvalue weighted by Gasteiger charge is 2.51. The number of nitrogens with one attached hydrogen (secondary N) is 1. The third-order valence-corrected chi connectivity index (χ3v) is 7.22. The van der Waals surface area contributed by atoms with Crippen molar-refractivity contribution in [2.45, 2.75) is 43.7 Å². The average molecular weight is 572 g/mol. The van der Waals surface area contributed by atoms with Gasteiger partial charge in [-0.2, -0.15) is 26.3 Å². The lowest BCUT2D eigenvalue weighted by atomic mass is 9.86. The van der Waals surface area contributed by atoms with Gasteiger partial charge in [-0.25, -0.2) is 0 Å². The SMILES string of the molecule is CC(c1cc(C(F)(F)F)cc(C(F)(F)F)c1)N(C)C(=O)[C@]1(N2CCNCC2)CCc2ccccc21.Cl.Cl. The molecule has 4 rings (SSSR count). The summed E-state index contributed by atoms with van der Waals surface area (Å²) in [5.74, 6) is -0.331. The summed E-state index contributed by atoms with van der Waals surface area (Å²) in [6.07, 6.45) is -8.75. The minimum Gasteiger partial charge on any atom is -0.337 e. The second-order valence-electron chi connectivity index (χ2n) is 9.19. The summed E-state index contributed by atoms with van der Waals surface area (Å²) < 4.78 is 80.5. The van der Waals surface area contributed by atoms with Gasteiger partial charge < -0.3 is 10.2 Å². The van der Waals surface area contributed by atoms with E-state index < -0.39 is 35.1 Å². The van der Waals surface area contributed by atoms with Crippen molar-refractivity contribution in [3.8, 4) is 0 Å². The zero-order valence-electron chi connectivity index (χ0n) is 20.2. The Labute approximate surface area is 224 Å². The van der Waals surface area contributed by atoms with Crippen LogP contribution in [-0.4, -0.2) is 48.9 Å². The van der Waals surface area contributed by atoms with E-state index in [1.807, 2.05) is 24.3 Å². The van der Waals surface area contributed by atoms with Crippen molar-refractivity contribution in [3.05, 3.63) is 70.3 Å². The molecular formula is C25H29Cl2F6N3O. The van der Waals surface area contributed by atoms with Gasteiger partial charge in [0.15, 0.2) is 0 Å². The van der Waals surface area contributed by atoms with Crippen LogP contribution in [0.4, 0.5) is 26.3 Å². The van der Waals surface area contributed by atoms with Crippen molar-refractivity contribution in [1.29, 1.82) is 0 Å². The highest BCUT2D eigenvalue weighted by molar-refractivity contribution is 5.89. The molecule has 2 aromatic carbocycles. The van der Waals surface area contributed by atoms with E-state index in [0.29, 0.717) is 51.2 Å². The van der Waals surface area contributed by atoms with Crippen molar-refractivity contribution in [2.24, 2.45) is 0 Å². The van der Waals surface area contributed by atoms with Gasteiger partial charge in [0.2, 0.25) is 5.91 Å². The molecule has 2 atom stereocenters. The maximum absolute atomic E-state index is 14.1. The number of alkyl halides is 6. The number of likely N-dealkylation sites (N-methyl/N-ethyl adjacent to an activating group) is 1. The third-order valence-electron chi connectivity index (χ3n) is 7.22. The molecule has 2 aliphatic rings. The van der Waals surface area contributed by atoms with Crippen LogP contribution in [0, 0.1) is 0 Å². The molecule has 2 aromatic rings. The molecule has 4 nitrogen and oxygen atoms in total. The first kappa shape index (κ1) is 31.2. The Morgan fingerprint density at radius 2 is 1.51 bits per heavy atom. The van der Waals surface area contributed by atoms with E-state index in [2.05, 4.69) is 10.2 Å². The number of rotatable bonds is 4. The van der Waals surface area contributed by atoms with Crippen molar-refractivity contribution in [1.82, 2.24) is 15.1 Å². The minimum atomic E-state index is -4.95. The number of nitrogens with zero attached hydrogens (tertiary/aromatic N) is 2. The van der Waals surface area contributed by atoms with Crippen molar-refractivity contribution < 1.29 is 31.1 Å². The first-order chi connectivity index (χ1) is 16.4. The fourth-order valence-corrected chi connectivity index (χ4v) is 5.24. The molecule has 12 heteroatoms. The number of aryl methyl sites for hydroxylation is 1. The van der Waals surface area contributed by atoms with E-state index in [0.717, 1.165) is 11.1 Å². The number of amides is 1. The Morgan fingerprint density at radius 3 is 2.05 bits per heavy atom. The average Bonchev–Trinajstić information content (AvgIpc) is 3.22. The van der Waals surface area contributed by atoms with Crippen LogP contribution in [-0.2, 0) is 29.1 Å². The summed E-state index contributed by atoms with van der Waals surface area (Å²) in [6, 6.07) is 8.08. The number of halogens is 8. The predicted molar refractivity (Wildman–Crippen MR) is 133 cm³/mol. The number of piperazine rings is 1. The summed E-state index contributed by atoms with van der Waals surface area (Å²) in [4.78, 5) is 17.5. The summed E-state index contributed by atoms with van der Waals surface area (Å²) >= 11 is 0. The lowest BCUT2D eigenvalue weighted by molar-refractivity contribution is -0.147. The normalized spacial score (nSPS) is 20.9. The van der Waals surface area contributed by atoms with Crippen LogP contribution >= 0.6 is 24.8 Å². The van der Waals surface area contributed by atoms with Crippen LogP contribution in [0.3, 0.4) is 0 Å². The quantitative estimate of drug-likeness (QED) is 0.469. The maximum atomic E-state index is 14.1. The Bertz CT molecular complexity index is 1070. The topological polar surface area (TPSA) is 35.6 Å². The monoisotopic (exact) mass is 571 g/mol. The number of carbonyl (C=O) groups is 1. The molecular weight excluding hydrogens is 543 g/mol. The van der Waals surface area contributed by atoms with E-state index in [9.17, 15) is 31.1 Å².